The Bertz CT molecular complexity index is 1310. The molecule has 0 aliphatic rings. The van der Waals surface area contributed by atoms with Crippen LogP contribution in [0.15, 0.2) is 90.2 Å². The lowest BCUT2D eigenvalue weighted by atomic mass is 10.1. The van der Waals surface area contributed by atoms with Gasteiger partial charge in [-0.25, -0.2) is 10.1 Å². The van der Waals surface area contributed by atoms with E-state index < -0.39 is 5.91 Å². The predicted octanol–water partition coefficient (Wildman–Crippen LogP) is 4.38. The number of hydrogen-bond acceptors (Lipinski definition) is 4. The summed E-state index contributed by atoms with van der Waals surface area (Å²) in [7, 11) is 0. The molecule has 4 aromatic rings. The van der Waals surface area contributed by atoms with Crippen LogP contribution in [0.2, 0.25) is 5.02 Å². The second-order valence-electron chi connectivity index (χ2n) is 7.56. The van der Waals surface area contributed by atoms with Gasteiger partial charge in [0.25, 0.3) is 11.8 Å². The molecule has 170 valence electrons. The number of hydrazone groups is 1. The molecule has 0 fully saturated rings. The van der Waals surface area contributed by atoms with Crippen molar-refractivity contribution in [3.8, 4) is 16.9 Å². The summed E-state index contributed by atoms with van der Waals surface area (Å²) in [4.78, 5) is 24.3. The molecule has 0 unspecified atom stereocenters. The molecule has 2 N–H and O–H groups in total. The normalized spacial score (nSPS) is 10.9. The van der Waals surface area contributed by atoms with E-state index >= 15 is 0 Å². The lowest BCUT2D eigenvalue weighted by molar-refractivity contribution is -0.120. The van der Waals surface area contributed by atoms with E-state index in [1.54, 1.807) is 35.2 Å². The smallest absolute Gasteiger partial charge is 0.259 e. The first-order valence-corrected chi connectivity index (χ1v) is 11.0. The van der Waals surface area contributed by atoms with Crippen LogP contribution in [0, 0.1) is 6.92 Å². The zero-order valence-corrected chi connectivity index (χ0v) is 19.2. The molecule has 4 rings (SSSR count). The van der Waals surface area contributed by atoms with Gasteiger partial charge in [-0.1, -0.05) is 59.6 Å². The van der Waals surface area contributed by atoms with Gasteiger partial charge in [-0.2, -0.15) is 10.2 Å². The van der Waals surface area contributed by atoms with Gasteiger partial charge in [0.2, 0.25) is 0 Å². The van der Waals surface area contributed by atoms with Crippen LogP contribution in [0.3, 0.4) is 0 Å². The topological polar surface area (TPSA) is 88.4 Å². The van der Waals surface area contributed by atoms with Crippen LogP contribution >= 0.6 is 11.6 Å². The third kappa shape index (κ3) is 5.76. The minimum absolute atomic E-state index is 0.215. The van der Waals surface area contributed by atoms with Crippen LogP contribution in [0.4, 0.5) is 0 Å². The van der Waals surface area contributed by atoms with Crippen molar-refractivity contribution >= 4 is 29.6 Å². The van der Waals surface area contributed by atoms with Gasteiger partial charge in [-0.3, -0.25) is 9.59 Å². The number of amides is 2. The molecule has 0 aliphatic heterocycles. The Kier molecular flexibility index (Phi) is 7.15. The van der Waals surface area contributed by atoms with Crippen LogP contribution in [-0.4, -0.2) is 34.4 Å². The summed E-state index contributed by atoms with van der Waals surface area (Å²) in [6.07, 6.45) is 3.39. The summed E-state index contributed by atoms with van der Waals surface area (Å²) < 4.78 is 1.77. The fourth-order valence-corrected chi connectivity index (χ4v) is 3.33. The molecule has 7 nitrogen and oxygen atoms in total. The van der Waals surface area contributed by atoms with Crippen molar-refractivity contribution in [3.05, 3.63) is 107 Å². The maximum absolute atomic E-state index is 12.2. The summed E-state index contributed by atoms with van der Waals surface area (Å²) in [5.74, 6) is -0.826. The van der Waals surface area contributed by atoms with Gasteiger partial charge in [0.1, 0.15) is 5.69 Å². The number of para-hydroxylation sites is 1. The van der Waals surface area contributed by atoms with Gasteiger partial charge in [0.05, 0.1) is 18.4 Å². The average Bonchev–Trinajstić information content (AvgIpc) is 3.28. The molecule has 2 amide bonds. The van der Waals surface area contributed by atoms with E-state index in [-0.39, 0.29) is 12.5 Å². The van der Waals surface area contributed by atoms with Crippen molar-refractivity contribution < 1.29 is 9.59 Å². The third-order valence-corrected chi connectivity index (χ3v) is 5.25. The minimum atomic E-state index is -0.453. The third-order valence-electron chi connectivity index (χ3n) is 5.00. The van der Waals surface area contributed by atoms with Crippen LogP contribution in [0.25, 0.3) is 16.9 Å². The van der Waals surface area contributed by atoms with Crippen molar-refractivity contribution in [2.75, 3.05) is 6.54 Å². The molecule has 0 bridgehead atoms. The van der Waals surface area contributed by atoms with E-state index in [1.807, 2.05) is 67.7 Å². The Balaban J connectivity index is 1.45. The Morgan fingerprint density at radius 2 is 1.71 bits per heavy atom. The average molecular weight is 472 g/mol. The summed E-state index contributed by atoms with van der Waals surface area (Å²) in [6, 6.07) is 24.2. The number of nitrogens with zero attached hydrogens (tertiary/aromatic N) is 3. The molecule has 1 aromatic heterocycles. The second kappa shape index (κ2) is 10.6. The molecule has 0 spiro atoms. The van der Waals surface area contributed by atoms with Crippen LogP contribution in [-0.2, 0) is 4.79 Å². The fraction of sp³-hybridized carbons (Fsp3) is 0.0769. The van der Waals surface area contributed by atoms with Crippen LogP contribution in [0.5, 0.6) is 0 Å². The Morgan fingerprint density at radius 3 is 2.41 bits per heavy atom. The lowest BCUT2D eigenvalue weighted by Crippen LogP contribution is -2.34. The maximum atomic E-state index is 12.2. The van der Waals surface area contributed by atoms with Crippen molar-refractivity contribution in [1.82, 2.24) is 20.5 Å². The quantitative estimate of drug-likeness (QED) is 0.309. The van der Waals surface area contributed by atoms with Gasteiger partial charge >= 0.3 is 0 Å². The molecular weight excluding hydrogens is 450 g/mol. The minimum Gasteiger partial charge on any atom is -0.343 e. The Labute approximate surface area is 202 Å². The van der Waals surface area contributed by atoms with Crippen molar-refractivity contribution in [3.63, 3.8) is 0 Å². The molecule has 0 saturated heterocycles. The number of halogens is 1. The van der Waals surface area contributed by atoms with E-state index in [0.717, 1.165) is 28.1 Å². The summed E-state index contributed by atoms with van der Waals surface area (Å²) in [5, 5.41) is 11.9. The number of aryl methyl sites for hydroxylation is 1. The van der Waals surface area contributed by atoms with E-state index in [9.17, 15) is 9.59 Å². The second-order valence-corrected chi connectivity index (χ2v) is 8.00. The number of carbonyl (C=O) groups is 2. The first-order chi connectivity index (χ1) is 16.5. The fourth-order valence-electron chi connectivity index (χ4n) is 3.21. The Morgan fingerprint density at radius 1 is 1.00 bits per heavy atom. The zero-order valence-electron chi connectivity index (χ0n) is 18.4. The van der Waals surface area contributed by atoms with Crippen LogP contribution in [0.1, 0.15) is 21.5 Å². The van der Waals surface area contributed by atoms with Gasteiger partial charge in [0.15, 0.2) is 0 Å². The number of hydrogen-bond donors (Lipinski definition) is 2. The zero-order chi connectivity index (χ0) is 23.9. The SMILES string of the molecule is Cc1ccc(-c2nn(-c3ccccc3)cc2C=NNC(=O)CNC(=O)c2ccc(Cl)cc2)cc1. The van der Waals surface area contributed by atoms with Gasteiger partial charge in [-0.05, 0) is 43.3 Å². The predicted molar refractivity (Wildman–Crippen MR) is 133 cm³/mol. The molecule has 0 saturated carbocycles. The van der Waals surface area contributed by atoms with Crippen molar-refractivity contribution in [2.45, 2.75) is 6.92 Å². The molecule has 0 atom stereocenters. The summed E-state index contributed by atoms with van der Waals surface area (Å²) in [6.45, 7) is 1.81. The maximum Gasteiger partial charge on any atom is 0.259 e. The highest BCUT2D eigenvalue weighted by atomic mass is 35.5. The van der Waals surface area contributed by atoms with E-state index in [2.05, 4.69) is 15.8 Å². The number of carbonyl (C=O) groups excluding carboxylic acids is 2. The van der Waals surface area contributed by atoms with E-state index in [1.165, 1.54) is 0 Å². The van der Waals surface area contributed by atoms with Crippen LogP contribution < -0.4 is 10.7 Å². The highest BCUT2D eigenvalue weighted by molar-refractivity contribution is 6.30. The number of benzene rings is 3. The highest BCUT2D eigenvalue weighted by Gasteiger charge is 2.12. The first kappa shape index (κ1) is 22.9. The molecule has 34 heavy (non-hydrogen) atoms. The number of rotatable bonds is 7. The number of nitrogens with one attached hydrogen (secondary N) is 2. The van der Waals surface area contributed by atoms with Gasteiger partial charge in [0, 0.05) is 27.9 Å². The van der Waals surface area contributed by atoms with Gasteiger partial charge < -0.3 is 5.32 Å². The number of aromatic nitrogens is 2. The summed E-state index contributed by atoms with van der Waals surface area (Å²) >= 11 is 5.83. The molecule has 1 heterocycles. The van der Waals surface area contributed by atoms with Crippen molar-refractivity contribution in [1.29, 1.82) is 0 Å². The molecular formula is C26H22ClN5O2. The lowest BCUT2D eigenvalue weighted by Gasteiger charge is -2.04. The van der Waals surface area contributed by atoms with Crippen molar-refractivity contribution in [2.24, 2.45) is 5.10 Å². The van der Waals surface area contributed by atoms with E-state index in [0.29, 0.717) is 10.6 Å². The highest BCUT2D eigenvalue weighted by Crippen LogP contribution is 2.23. The first-order valence-electron chi connectivity index (χ1n) is 10.6. The Hall–Kier alpha value is -4.23. The molecule has 0 radical (unpaired) electrons. The molecule has 3 aromatic carbocycles. The molecule has 8 heteroatoms. The molecule has 0 aliphatic carbocycles. The monoisotopic (exact) mass is 471 g/mol. The standard InChI is InChI=1S/C26H22ClN5O2/c1-18-7-9-19(10-8-18)25-21(17-32(31-25)23-5-3-2-4-6-23)15-29-30-24(33)16-28-26(34)20-11-13-22(27)14-12-20/h2-15,17H,16H2,1H3,(H,28,34)(H,30,33). The largest absolute Gasteiger partial charge is 0.343 e. The van der Waals surface area contributed by atoms with E-state index in [4.69, 9.17) is 16.7 Å². The summed E-state index contributed by atoms with van der Waals surface area (Å²) in [5.41, 5.74) is 7.31. The van der Waals surface area contributed by atoms with Gasteiger partial charge in [-0.15, -0.1) is 0 Å².